The van der Waals surface area contributed by atoms with Crippen LogP contribution in [0.25, 0.3) is 0 Å². The third-order valence-electron chi connectivity index (χ3n) is 1.46. The zero-order valence-corrected chi connectivity index (χ0v) is 10.2. The van der Waals surface area contributed by atoms with E-state index in [1.807, 2.05) is 0 Å². The van der Waals surface area contributed by atoms with E-state index >= 15 is 0 Å². The van der Waals surface area contributed by atoms with E-state index in [2.05, 4.69) is 5.32 Å². The Balaban J connectivity index is 3.56. The fraction of sp³-hybridized carbons (Fsp3) is 0.143. The molecule has 0 radical (unpaired) electrons. The van der Waals surface area contributed by atoms with Crippen LogP contribution in [0.4, 0.5) is 5.69 Å². The molecule has 0 aliphatic carbocycles. The predicted octanol–water partition coefficient (Wildman–Crippen LogP) is 5.00. The monoisotopic (exact) mass is 277 g/mol. The van der Waals surface area contributed by atoms with E-state index < -0.39 is 0 Å². The van der Waals surface area contributed by atoms with Crippen molar-refractivity contribution >= 4 is 63.7 Å². The molecule has 0 atom stereocenters. The van der Waals surface area contributed by atoms with Gasteiger partial charge >= 0.3 is 0 Å². The molecule has 72 valence electrons. The lowest BCUT2D eigenvalue weighted by atomic mass is 10.3. The minimum atomic E-state index is 0.164. The van der Waals surface area contributed by atoms with Crippen molar-refractivity contribution in [1.29, 1.82) is 0 Å². The lowest BCUT2D eigenvalue weighted by Crippen LogP contribution is -1.92. The maximum absolute atomic E-state index is 5.85. The summed E-state index contributed by atoms with van der Waals surface area (Å²) in [6.07, 6.45) is 0. The van der Waals surface area contributed by atoms with Gasteiger partial charge in [-0.2, -0.15) is 0 Å². The van der Waals surface area contributed by atoms with Crippen molar-refractivity contribution in [2.75, 3.05) is 12.4 Å². The van der Waals surface area contributed by atoms with E-state index in [9.17, 15) is 0 Å². The predicted molar refractivity (Wildman–Crippen MR) is 61.0 cm³/mol. The Morgan fingerprint density at radius 1 is 0.692 bits per heavy atom. The number of rotatable bonds is 1. The first-order chi connectivity index (χ1) is 6.00. The number of hydrogen-bond acceptors (Lipinski definition) is 1. The third kappa shape index (κ3) is 1.95. The van der Waals surface area contributed by atoms with Crippen LogP contribution < -0.4 is 5.32 Å². The van der Waals surface area contributed by atoms with Gasteiger partial charge in [0.15, 0.2) is 0 Å². The summed E-state index contributed by atoms with van der Waals surface area (Å²) in [4.78, 5) is 0. The summed E-state index contributed by atoms with van der Waals surface area (Å²) in [5.41, 5.74) is 0.475. The summed E-state index contributed by atoms with van der Waals surface area (Å²) in [5, 5.41) is 3.87. The Bertz CT molecular complexity index is 320. The minimum Gasteiger partial charge on any atom is -0.386 e. The number of nitrogens with one attached hydrogen (secondary N) is 1. The fourth-order valence-electron chi connectivity index (χ4n) is 0.824. The van der Waals surface area contributed by atoms with E-state index in [1.54, 1.807) is 7.05 Å². The van der Waals surface area contributed by atoms with E-state index in [0.717, 1.165) is 0 Å². The molecule has 1 aromatic carbocycles. The molecule has 0 aromatic heterocycles. The first kappa shape index (κ1) is 11.5. The van der Waals surface area contributed by atoms with Crippen LogP contribution in [0.1, 0.15) is 0 Å². The molecule has 0 aliphatic rings. The second kappa shape index (κ2) is 4.33. The maximum atomic E-state index is 5.85. The van der Waals surface area contributed by atoms with E-state index in [0.29, 0.717) is 5.69 Å². The molecule has 0 saturated carbocycles. The van der Waals surface area contributed by atoms with Gasteiger partial charge in [-0.25, -0.2) is 0 Å². The fourth-order valence-corrected chi connectivity index (χ4v) is 2.15. The Morgan fingerprint density at radius 3 is 1.31 bits per heavy atom. The number of benzene rings is 1. The van der Waals surface area contributed by atoms with Crippen molar-refractivity contribution in [1.82, 2.24) is 0 Å². The number of hydrogen-bond donors (Lipinski definition) is 1. The normalized spacial score (nSPS) is 10.3. The Kier molecular flexibility index (Phi) is 3.84. The highest BCUT2D eigenvalue weighted by atomic mass is 35.5. The molecule has 1 N–H and O–H groups in total. The highest BCUT2D eigenvalue weighted by Gasteiger charge is 2.17. The highest BCUT2D eigenvalue weighted by Crippen LogP contribution is 2.46. The van der Waals surface area contributed by atoms with Gasteiger partial charge in [0, 0.05) is 7.05 Å². The van der Waals surface area contributed by atoms with Crippen LogP contribution in [0.3, 0.4) is 0 Å². The van der Waals surface area contributed by atoms with Crippen molar-refractivity contribution in [3.05, 3.63) is 25.1 Å². The molecule has 0 fully saturated rings. The summed E-state index contributed by atoms with van der Waals surface area (Å²) in [5.74, 6) is 0. The SMILES string of the molecule is CNc1c(Cl)c(Cl)c(Cl)c(Cl)c1Cl. The minimum absolute atomic E-state index is 0.164. The van der Waals surface area contributed by atoms with Crippen LogP contribution in [-0.4, -0.2) is 7.05 Å². The summed E-state index contributed by atoms with van der Waals surface area (Å²) >= 11 is 29.0. The van der Waals surface area contributed by atoms with Crippen molar-refractivity contribution in [2.24, 2.45) is 0 Å². The van der Waals surface area contributed by atoms with Gasteiger partial charge in [-0.05, 0) is 0 Å². The molecule has 0 spiro atoms. The zero-order chi connectivity index (χ0) is 10.2. The van der Waals surface area contributed by atoms with Crippen molar-refractivity contribution in [3.8, 4) is 0 Å². The Labute approximate surface area is 101 Å². The van der Waals surface area contributed by atoms with Crippen molar-refractivity contribution < 1.29 is 0 Å². The first-order valence-electron chi connectivity index (χ1n) is 3.19. The van der Waals surface area contributed by atoms with Crippen LogP contribution in [0.5, 0.6) is 0 Å². The molecule has 0 aliphatic heterocycles. The topological polar surface area (TPSA) is 12.0 Å². The lowest BCUT2D eigenvalue weighted by Gasteiger charge is -2.11. The summed E-state index contributed by atoms with van der Waals surface area (Å²) < 4.78 is 0. The first-order valence-corrected chi connectivity index (χ1v) is 5.08. The third-order valence-corrected chi connectivity index (χ3v) is 3.74. The highest BCUT2D eigenvalue weighted by molar-refractivity contribution is 6.56. The van der Waals surface area contributed by atoms with Crippen LogP contribution >= 0.6 is 58.0 Å². The molecule has 0 saturated heterocycles. The van der Waals surface area contributed by atoms with E-state index in [-0.39, 0.29) is 25.1 Å². The van der Waals surface area contributed by atoms with Gasteiger partial charge in [-0.3, -0.25) is 0 Å². The molecular formula is C7H4Cl5N. The van der Waals surface area contributed by atoms with Crippen molar-refractivity contribution in [2.45, 2.75) is 0 Å². The molecule has 0 bridgehead atoms. The van der Waals surface area contributed by atoms with Crippen LogP contribution in [0.2, 0.25) is 25.1 Å². The molecule has 13 heavy (non-hydrogen) atoms. The van der Waals surface area contributed by atoms with Gasteiger partial charge in [-0.1, -0.05) is 58.0 Å². The number of anilines is 1. The molecule has 1 rings (SSSR count). The molecule has 1 nitrogen and oxygen atoms in total. The number of halogens is 5. The van der Waals surface area contributed by atoms with Gasteiger partial charge in [0.2, 0.25) is 0 Å². The maximum Gasteiger partial charge on any atom is 0.0855 e. The molecule has 6 heteroatoms. The van der Waals surface area contributed by atoms with Gasteiger partial charge < -0.3 is 5.32 Å². The zero-order valence-electron chi connectivity index (χ0n) is 6.39. The average molecular weight is 279 g/mol. The largest absolute Gasteiger partial charge is 0.386 e. The Hall–Kier alpha value is 0.470. The molecule has 0 unspecified atom stereocenters. The summed E-state index contributed by atoms with van der Waals surface area (Å²) in [6, 6.07) is 0. The molecular weight excluding hydrogens is 275 g/mol. The second-order valence-corrected chi connectivity index (χ2v) is 4.08. The second-order valence-electron chi connectivity index (χ2n) is 2.19. The van der Waals surface area contributed by atoms with Gasteiger partial charge in [0.05, 0.1) is 30.8 Å². The van der Waals surface area contributed by atoms with E-state index in [1.165, 1.54) is 0 Å². The summed E-state index contributed by atoms with van der Waals surface area (Å²) in [6.45, 7) is 0. The van der Waals surface area contributed by atoms with Crippen molar-refractivity contribution in [3.63, 3.8) is 0 Å². The Morgan fingerprint density at radius 2 is 1.00 bits per heavy atom. The smallest absolute Gasteiger partial charge is 0.0855 e. The van der Waals surface area contributed by atoms with Gasteiger partial charge in [-0.15, -0.1) is 0 Å². The standard InChI is InChI=1S/C7H4Cl5N/c1-13-7-5(11)3(9)2(8)4(10)6(7)12/h13H,1H3. The van der Waals surface area contributed by atoms with Gasteiger partial charge in [0.1, 0.15) is 0 Å². The summed E-state index contributed by atoms with van der Waals surface area (Å²) in [7, 11) is 1.66. The molecule has 0 heterocycles. The van der Waals surface area contributed by atoms with Gasteiger partial charge in [0.25, 0.3) is 0 Å². The van der Waals surface area contributed by atoms with Crippen LogP contribution in [-0.2, 0) is 0 Å². The molecule has 0 amide bonds. The quantitative estimate of drug-likeness (QED) is 0.564. The average Bonchev–Trinajstić information content (AvgIpc) is 2.13. The molecule has 1 aromatic rings. The van der Waals surface area contributed by atoms with Crippen LogP contribution in [0, 0.1) is 0 Å². The van der Waals surface area contributed by atoms with Crippen LogP contribution in [0.15, 0.2) is 0 Å². The lowest BCUT2D eigenvalue weighted by molar-refractivity contribution is 1.51. The van der Waals surface area contributed by atoms with E-state index in [4.69, 9.17) is 58.0 Å².